The summed E-state index contributed by atoms with van der Waals surface area (Å²) in [5.41, 5.74) is 7.11. The van der Waals surface area contributed by atoms with Crippen LogP contribution < -0.4 is 11.1 Å². The SMILES string of the molecule is NCC1(Nc2ccc(Br)cc2)CCC1. The standard InChI is InChI=1S/C11H15BrN2/c12-9-2-4-10(5-3-9)14-11(8-13)6-1-7-11/h2-5,14H,1,6-8,13H2. The molecule has 0 bridgehead atoms. The van der Waals surface area contributed by atoms with Crippen LogP contribution >= 0.6 is 15.9 Å². The Labute approximate surface area is 93.0 Å². The predicted molar refractivity (Wildman–Crippen MR) is 63.4 cm³/mol. The van der Waals surface area contributed by atoms with Gasteiger partial charge in [-0.2, -0.15) is 0 Å². The van der Waals surface area contributed by atoms with Gasteiger partial charge in [-0.15, -0.1) is 0 Å². The summed E-state index contributed by atoms with van der Waals surface area (Å²) in [4.78, 5) is 0. The minimum atomic E-state index is 0.174. The summed E-state index contributed by atoms with van der Waals surface area (Å²) in [5.74, 6) is 0. The Balaban J connectivity index is 2.06. The summed E-state index contributed by atoms with van der Waals surface area (Å²) < 4.78 is 1.11. The van der Waals surface area contributed by atoms with Gasteiger partial charge in [-0.1, -0.05) is 15.9 Å². The highest BCUT2D eigenvalue weighted by molar-refractivity contribution is 9.10. The normalized spacial score (nSPS) is 18.7. The van der Waals surface area contributed by atoms with Crippen molar-refractivity contribution in [1.82, 2.24) is 0 Å². The highest BCUT2D eigenvalue weighted by Gasteiger charge is 2.35. The molecule has 0 radical (unpaired) electrons. The van der Waals surface area contributed by atoms with Gasteiger partial charge in [0.25, 0.3) is 0 Å². The van der Waals surface area contributed by atoms with Crippen molar-refractivity contribution < 1.29 is 0 Å². The molecule has 1 fully saturated rings. The van der Waals surface area contributed by atoms with Crippen LogP contribution in [0.2, 0.25) is 0 Å². The van der Waals surface area contributed by atoms with E-state index in [-0.39, 0.29) is 5.54 Å². The Bertz CT molecular complexity index is 298. The van der Waals surface area contributed by atoms with Gasteiger partial charge < -0.3 is 11.1 Å². The summed E-state index contributed by atoms with van der Waals surface area (Å²) in [6, 6.07) is 8.26. The van der Waals surface area contributed by atoms with Gasteiger partial charge in [0.15, 0.2) is 0 Å². The zero-order valence-corrected chi connectivity index (χ0v) is 9.68. The molecule has 0 heterocycles. The van der Waals surface area contributed by atoms with E-state index in [0.29, 0.717) is 0 Å². The number of rotatable bonds is 3. The van der Waals surface area contributed by atoms with E-state index in [1.807, 2.05) is 12.1 Å². The Kier molecular flexibility index (Phi) is 2.79. The number of hydrogen-bond acceptors (Lipinski definition) is 2. The number of hydrogen-bond donors (Lipinski definition) is 2. The molecule has 3 N–H and O–H groups in total. The van der Waals surface area contributed by atoms with E-state index in [1.54, 1.807) is 0 Å². The van der Waals surface area contributed by atoms with E-state index >= 15 is 0 Å². The largest absolute Gasteiger partial charge is 0.378 e. The third kappa shape index (κ3) is 1.93. The van der Waals surface area contributed by atoms with Gasteiger partial charge in [0.2, 0.25) is 0 Å². The van der Waals surface area contributed by atoms with Crippen LogP contribution in [0.1, 0.15) is 19.3 Å². The smallest absolute Gasteiger partial charge is 0.0495 e. The van der Waals surface area contributed by atoms with Crippen LogP contribution in [-0.2, 0) is 0 Å². The van der Waals surface area contributed by atoms with E-state index < -0.39 is 0 Å². The highest BCUT2D eigenvalue weighted by Crippen LogP contribution is 2.34. The lowest BCUT2D eigenvalue weighted by Gasteiger charge is -2.42. The van der Waals surface area contributed by atoms with E-state index in [0.717, 1.165) is 11.0 Å². The summed E-state index contributed by atoms with van der Waals surface area (Å²) in [6.45, 7) is 0.725. The highest BCUT2D eigenvalue weighted by atomic mass is 79.9. The first kappa shape index (κ1) is 9.99. The molecule has 0 aromatic heterocycles. The molecule has 0 saturated heterocycles. The molecule has 14 heavy (non-hydrogen) atoms. The molecule has 3 heteroatoms. The molecule has 76 valence electrons. The monoisotopic (exact) mass is 254 g/mol. The zero-order valence-electron chi connectivity index (χ0n) is 8.09. The van der Waals surface area contributed by atoms with Crippen molar-refractivity contribution in [1.29, 1.82) is 0 Å². The number of benzene rings is 1. The maximum atomic E-state index is 5.77. The van der Waals surface area contributed by atoms with Gasteiger partial charge in [-0.05, 0) is 43.5 Å². The second kappa shape index (κ2) is 3.91. The first-order valence-corrected chi connectivity index (χ1v) is 5.77. The van der Waals surface area contributed by atoms with Gasteiger partial charge >= 0.3 is 0 Å². The van der Waals surface area contributed by atoms with Crippen molar-refractivity contribution in [2.45, 2.75) is 24.8 Å². The Hall–Kier alpha value is -0.540. The van der Waals surface area contributed by atoms with Gasteiger partial charge in [0.1, 0.15) is 0 Å². The van der Waals surface area contributed by atoms with Crippen LogP contribution in [0.5, 0.6) is 0 Å². The molecule has 1 aromatic rings. The molecule has 2 rings (SSSR count). The zero-order chi connectivity index (χ0) is 10.0. The van der Waals surface area contributed by atoms with Crippen molar-refractivity contribution in [3.63, 3.8) is 0 Å². The summed E-state index contributed by atoms with van der Waals surface area (Å²) >= 11 is 3.42. The molecule has 0 aliphatic heterocycles. The molecule has 0 amide bonds. The Morgan fingerprint density at radius 3 is 2.36 bits per heavy atom. The quantitative estimate of drug-likeness (QED) is 0.871. The van der Waals surface area contributed by atoms with Crippen molar-refractivity contribution in [2.24, 2.45) is 5.73 Å². The average Bonchev–Trinajstić information content (AvgIpc) is 2.15. The van der Waals surface area contributed by atoms with Crippen molar-refractivity contribution in [3.05, 3.63) is 28.7 Å². The summed E-state index contributed by atoms with van der Waals surface area (Å²) in [6.07, 6.45) is 3.68. The number of nitrogens with one attached hydrogen (secondary N) is 1. The third-order valence-corrected chi connectivity index (χ3v) is 3.48. The van der Waals surface area contributed by atoms with Crippen molar-refractivity contribution in [2.75, 3.05) is 11.9 Å². The molecule has 1 aliphatic carbocycles. The van der Waals surface area contributed by atoms with Crippen LogP contribution in [-0.4, -0.2) is 12.1 Å². The first-order valence-electron chi connectivity index (χ1n) is 4.98. The van der Waals surface area contributed by atoms with Gasteiger partial charge in [-0.3, -0.25) is 0 Å². The molecule has 1 aliphatic rings. The van der Waals surface area contributed by atoms with Crippen LogP contribution in [0.25, 0.3) is 0 Å². The fraction of sp³-hybridized carbons (Fsp3) is 0.455. The van der Waals surface area contributed by atoms with E-state index in [1.165, 1.54) is 24.9 Å². The van der Waals surface area contributed by atoms with Crippen LogP contribution in [0.3, 0.4) is 0 Å². The maximum absolute atomic E-state index is 5.77. The molecule has 0 atom stereocenters. The third-order valence-electron chi connectivity index (χ3n) is 2.96. The minimum Gasteiger partial charge on any atom is -0.378 e. The van der Waals surface area contributed by atoms with Gasteiger partial charge in [0.05, 0.1) is 0 Å². The topological polar surface area (TPSA) is 38.0 Å². The number of halogens is 1. The van der Waals surface area contributed by atoms with Crippen molar-refractivity contribution in [3.8, 4) is 0 Å². The molecular weight excluding hydrogens is 240 g/mol. The predicted octanol–water partition coefficient (Wildman–Crippen LogP) is 2.74. The second-order valence-electron chi connectivity index (χ2n) is 3.97. The molecule has 0 unspecified atom stereocenters. The van der Waals surface area contributed by atoms with Crippen LogP contribution in [0.15, 0.2) is 28.7 Å². The molecule has 1 saturated carbocycles. The van der Waals surface area contributed by atoms with E-state index in [4.69, 9.17) is 5.73 Å². The van der Waals surface area contributed by atoms with E-state index in [2.05, 4.69) is 33.4 Å². The molecule has 0 spiro atoms. The van der Waals surface area contributed by atoms with Crippen LogP contribution in [0, 0.1) is 0 Å². The molecule has 2 nitrogen and oxygen atoms in total. The van der Waals surface area contributed by atoms with Crippen molar-refractivity contribution >= 4 is 21.6 Å². The fourth-order valence-electron chi connectivity index (χ4n) is 1.82. The summed E-state index contributed by atoms with van der Waals surface area (Å²) in [7, 11) is 0. The first-order chi connectivity index (χ1) is 6.74. The minimum absolute atomic E-state index is 0.174. The lowest BCUT2D eigenvalue weighted by molar-refractivity contribution is 0.287. The Morgan fingerprint density at radius 2 is 1.93 bits per heavy atom. The maximum Gasteiger partial charge on any atom is 0.0495 e. The number of anilines is 1. The Morgan fingerprint density at radius 1 is 1.29 bits per heavy atom. The number of nitrogens with two attached hydrogens (primary N) is 1. The molecular formula is C11H15BrN2. The second-order valence-corrected chi connectivity index (χ2v) is 4.89. The molecule has 1 aromatic carbocycles. The van der Waals surface area contributed by atoms with Gasteiger partial charge in [-0.25, -0.2) is 0 Å². The lowest BCUT2D eigenvalue weighted by atomic mass is 9.76. The average molecular weight is 255 g/mol. The fourth-order valence-corrected chi connectivity index (χ4v) is 2.09. The lowest BCUT2D eigenvalue weighted by Crippen LogP contribution is -2.51. The van der Waals surface area contributed by atoms with Crippen LogP contribution in [0.4, 0.5) is 5.69 Å². The summed E-state index contributed by atoms with van der Waals surface area (Å²) in [5, 5.41) is 3.52. The van der Waals surface area contributed by atoms with Gasteiger partial charge in [0, 0.05) is 22.2 Å². The van der Waals surface area contributed by atoms with E-state index in [9.17, 15) is 0 Å².